The first-order valence-corrected chi connectivity index (χ1v) is 8.38. The van der Waals surface area contributed by atoms with Gasteiger partial charge < -0.3 is 0 Å². The lowest BCUT2D eigenvalue weighted by molar-refractivity contribution is 0.148. The first-order valence-electron chi connectivity index (χ1n) is 7.47. The average molecular weight is 287 g/mol. The minimum atomic E-state index is 0.826. The van der Waals surface area contributed by atoms with Crippen molar-refractivity contribution in [3.05, 3.63) is 0 Å². The Labute approximate surface area is 110 Å². The highest BCUT2D eigenvalue weighted by Crippen LogP contribution is 2.44. The van der Waals surface area contributed by atoms with Crippen molar-refractivity contribution >= 4 is 15.9 Å². The molecule has 4 atom stereocenters. The van der Waals surface area contributed by atoms with Crippen LogP contribution in [-0.2, 0) is 0 Å². The highest BCUT2D eigenvalue weighted by atomic mass is 79.9. The van der Waals surface area contributed by atoms with Gasteiger partial charge in [-0.2, -0.15) is 0 Å². The van der Waals surface area contributed by atoms with Crippen molar-refractivity contribution in [2.24, 2.45) is 17.8 Å². The van der Waals surface area contributed by atoms with E-state index in [1.165, 1.54) is 64.2 Å². The summed E-state index contributed by atoms with van der Waals surface area (Å²) in [5.74, 6) is 3.07. The molecule has 0 amide bonds. The molecule has 0 aliphatic heterocycles. The molecule has 94 valence electrons. The Kier molecular flexibility index (Phi) is 5.19. The molecule has 0 aromatic heterocycles. The van der Waals surface area contributed by atoms with Crippen LogP contribution in [0.25, 0.3) is 0 Å². The van der Waals surface area contributed by atoms with Gasteiger partial charge in [-0.3, -0.25) is 0 Å². The van der Waals surface area contributed by atoms with Crippen LogP contribution in [0.15, 0.2) is 0 Å². The molecule has 2 rings (SSSR count). The van der Waals surface area contributed by atoms with Crippen LogP contribution >= 0.6 is 15.9 Å². The third-order valence-corrected chi connectivity index (χ3v) is 6.16. The number of alkyl halides is 1. The van der Waals surface area contributed by atoms with Gasteiger partial charge in [0.1, 0.15) is 0 Å². The lowest BCUT2D eigenvalue weighted by Gasteiger charge is -2.38. The zero-order valence-corrected chi connectivity index (χ0v) is 12.3. The molecule has 16 heavy (non-hydrogen) atoms. The summed E-state index contributed by atoms with van der Waals surface area (Å²) in [6.07, 6.45) is 14.8. The lowest BCUT2D eigenvalue weighted by Crippen LogP contribution is -2.31. The Bertz CT molecular complexity index is 202. The van der Waals surface area contributed by atoms with E-state index in [4.69, 9.17) is 0 Å². The van der Waals surface area contributed by atoms with E-state index in [0.717, 1.165) is 22.6 Å². The van der Waals surface area contributed by atoms with E-state index in [1.807, 2.05) is 0 Å². The summed E-state index contributed by atoms with van der Waals surface area (Å²) < 4.78 is 0. The van der Waals surface area contributed by atoms with Gasteiger partial charge in [-0.15, -0.1) is 0 Å². The molecule has 0 heterocycles. The van der Waals surface area contributed by atoms with Crippen molar-refractivity contribution in [1.29, 1.82) is 0 Å². The third kappa shape index (κ3) is 3.03. The van der Waals surface area contributed by atoms with Gasteiger partial charge in [0.05, 0.1) is 0 Å². The molecule has 0 saturated heterocycles. The van der Waals surface area contributed by atoms with Crippen LogP contribution < -0.4 is 0 Å². The van der Waals surface area contributed by atoms with Crippen molar-refractivity contribution in [1.82, 2.24) is 0 Å². The molecule has 2 saturated carbocycles. The van der Waals surface area contributed by atoms with E-state index in [-0.39, 0.29) is 0 Å². The lowest BCUT2D eigenvalue weighted by atomic mass is 9.69. The number of halogens is 1. The molecule has 0 N–H and O–H groups in total. The van der Waals surface area contributed by atoms with E-state index in [2.05, 4.69) is 22.9 Å². The van der Waals surface area contributed by atoms with Crippen LogP contribution in [0.3, 0.4) is 0 Å². The van der Waals surface area contributed by atoms with E-state index in [0.29, 0.717) is 0 Å². The van der Waals surface area contributed by atoms with Crippen molar-refractivity contribution in [2.45, 2.75) is 76.0 Å². The SMILES string of the molecule is CCC1CCCCC1C1CCCCCC1Br. The summed E-state index contributed by atoms with van der Waals surface area (Å²) >= 11 is 4.00. The van der Waals surface area contributed by atoms with Gasteiger partial charge in [0.25, 0.3) is 0 Å². The van der Waals surface area contributed by atoms with E-state index in [9.17, 15) is 0 Å². The first kappa shape index (κ1) is 12.9. The van der Waals surface area contributed by atoms with Gasteiger partial charge in [0.15, 0.2) is 0 Å². The van der Waals surface area contributed by atoms with Gasteiger partial charge in [-0.05, 0) is 37.0 Å². The topological polar surface area (TPSA) is 0 Å². The Morgan fingerprint density at radius 3 is 2.25 bits per heavy atom. The second kappa shape index (κ2) is 6.42. The van der Waals surface area contributed by atoms with Gasteiger partial charge in [0.2, 0.25) is 0 Å². The molecule has 0 nitrogen and oxygen atoms in total. The summed E-state index contributed by atoms with van der Waals surface area (Å²) in [7, 11) is 0. The van der Waals surface area contributed by atoms with Crippen LogP contribution in [0, 0.1) is 17.8 Å². The maximum absolute atomic E-state index is 4.00. The zero-order chi connectivity index (χ0) is 11.4. The number of rotatable bonds is 2. The molecule has 4 unspecified atom stereocenters. The largest absolute Gasteiger partial charge is 0.0888 e. The molecule has 2 aliphatic rings. The maximum atomic E-state index is 4.00. The predicted molar refractivity (Wildman–Crippen MR) is 75.0 cm³/mol. The summed E-state index contributed by atoms with van der Waals surface area (Å²) in [4.78, 5) is 0.826. The van der Waals surface area contributed by atoms with Crippen LogP contribution in [0.4, 0.5) is 0 Å². The Hall–Kier alpha value is 0.480. The standard InChI is InChI=1S/C15H27Br/c1-2-12-8-6-7-9-13(12)14-10-4-3-5-11-15(14)16/h12-15H,2-11H2,1H3. The van der Waals surface area contributed by atoms with Crippen LogP contribution in [0.1, 0.15) is 71.1 Å². The third-order valence-electron chi connectivity index (χ3n) is 5.02. The summed E-state index contributed by atoms with van der Waals surface area (Å²) in [5, 5.41) is 0. The second-order valence-corrected chi connectivity index (χ2v) is 7.11. The fourth-order valence-electron chi connectivity index (χ4n) is 4.08. The molecular weight excluding hydrogens is 260 g/mol. The molecule has 0 radical (unpaired) electrons. The average Bonchev–Trinajstić information content (AvgIpc) is 2.54. The van der Waals surface area contributed by atoms with Crippen molar-refractivity contribution in [3.63, 3.8) is 0 Å². The van der Waals surface area contributed by atoms with Gasteiger partial charge in [-0.25, -0.2) is 0 Å². The monoisotopic (exact) mass is 286 g/mol. The Morgan fingerprint density at radius 1 is 0.812 bits per heavy atom. The molecule has 0 bridgehead atoms. The summed E-state index contributed by atoms with van der Waals surface area (Å²) in [5.41, 5.74) is 0. The van der Waals surface area contributed by atoms with Gasteiger partial charge in [-0.1, -0.05) is 67.8 Å². The summed E-state index contributed by atoms with van der Waals surface area (Å²) in [6, 6.07) is 0. The highest BCUT2D eigenvalue weighted by Gasteiger charge is 2.34. The van der Waals surface area contributed by atoms with Crippen molar-refractivity contribution < 1.29 is 0 Å². The molecule has 0 spiro atoms. The van der Waals surface area contributed by atoms with Crippen LogP contribution in [-0.4, -0.2) is 4.83 Å². The van der Waals surface area contributed by atoms with Crippen LogP contribution in [0.5, 0.6) is 0 Å². The highest BCUT2D eigenvalue weighted by molar-refractivity contribution is 9.09. The second-order valence-electron chi connectivity index (χ2n) is 5.93. The van der Waals surface area contributed by atoms with E-state index >= 15 is 0 Å². The number of hydrogen-bond acceptors (Lipinski definition) is 0. The van der Waals surface area contributed by atoms with Crippen LogP contribution in [0.2, 0.25) is 0 Å². The first-order chi connectivity index (χ1) is 7.83. The van der Waals surface area contributed by atoms with Gasteiger partial charge >= 0.3 is 0 Å². The smallest absolute Gasteiger partial charge is 0.0176 e. The molecular formula is C15H27Br. The number of hydrogen-bond donors (Lipinski definition) is 0. The quantitative estimate of drug-likeness (QED) is 0.461. The molecule has 2 aliphatic carbocycles. The van der Waals surface area contributed by atoms with Crippen molar-refractivity contribution in [2.75, 3.05) is 0 Å². The molecule has 2 fully saturated rings. The van der Waals surface area contributed by atoms with Crippen molar-refractivity contribution in [3.8, 4) is 0 Å². The Morgan fingerprint density at radius 2 is 1.44 bits per heavy atom. The predicted octanol–water partition coefficient (Wildman–Crippen LogP) is 5.55. The normalized spacial score (nSPS) is 41.6. The maximum Gasteiger partial charge on any atom is 0.0176 e. The van der Waals surface area contributed by atoms with Gasteiger partial charge in [0, 0.05) is 4.83 Å². The molecule has 1 heteroatoms. The zero-order valence-electron chi connectivity index (χ0n) is 10.8. The fourth-order valence-corrected chi connectivity index (χ4v) is 5.06. The minimum absolute atomic E-state index is 0.826. The van der Waals surface area contributed by atoms with E-state index in [1.54, 1.807) is 0 Å². The molecule has 0 aromatic carbocycles. The minimum Gasteiger partial charge on any atom is -0.0888 e. The summed E-state index contributed by atoms with van der Waals surface area (Å²) in [6.45, 7) is 2.41. The fraction of sp³-hybridized carbons (Fsp3) is 1.00. The molecule has 0 aromatic rings. The Balaban J connectivity index is 2.01. The van der Waals surface area contributed by atoms with E-state index < -0.39 is 0 Å².